The lowest BCUT2D eigenvalue weighted by Gasteiger charge is -2.23. The summed E-state index contributed by atoms with van der Waals surface area (Å²) in [4.78, 5) is 21.9. The minimum atomic E-state index is -0.522. The first-order valence-corrected chi connectivity index (χ1v) is 5.82. The van der Waals surface area contributed by atoms with Crippen LogP contribution in [0.5, 0.6) is 0 Å². The molecule has 4 amide bonds. The zero-order valence-corrected chi connectivity index (χ0v) is 11.1. The van der Waals surface area contributed by atoms with Crippen molar-refractivity contribution in [2.24, 2.45) is 0 Å². The van der Waals surface area contributed by atoms with Crippen LogP contribution in [-0.4, -0.2) is 37.9 Å². The molecule has 100 valence electrons. The van der Waals surface area contributed by atoms with Crippen molar-refractivity contribution in [2.75, 3.05) is 20.2 Å². The lowest BCUT2D eigenvalue weighted by molar-refractivity contribution is -0.0205. The molecule has 0 aromatic heterocycles. The molecule has 0 aromatic carbocycles. The van der Waals surface area contributed by atoms with Crippen LogP contribution in [0.4, 0.5) is 9.59 Å². The van der Waals surface area contributed by atoms with E-state index in [2.05, 4.69) is 22.9 Å². The highest BCUT2D eigenvalue weighted by molar-refractivity contribution is 5.93. The summed E-state index contributed by atoms with van der Waals surface area (Å²) in [5.41, 5.74) is -0.121. The minimum absolute atomic E-state index is 0.121. The quantitative estimate of drug-likeness (QED) is 0.616. The summed E-state index contributed by atoms with van der Waals surface area (Å²) in [6, 6.07) is -1.02. The van der Waals surface area contributed by atoms with Crippen molar-refractivity contribution in [3.05, 3.63) is 0 Å². The molecule has 0 atom stereocenters. The fraction of sp³-hybridized carbons (Fsp3) is 0.818. The molecule has 3 N–H and O–H groups in total. The number of hydrogen-bond donors (Lipinski definition) is 3. The standard InChI is InChI=1S/C11H23N3O3/c1-5-11(2,3)17-8-6-7-13-10(16)14-9(15)12-4/h5-8H2,1-4H3,(H3,12,13,14,15,16). The Labute approximate surface area is 102 Å². The fourth-order valence-electron chi connectivity index (χ4n) is 0.934. The summed E-state index contributed by atoms with van der Waals surface area (Å²) in [6.45, 7) is 7.18. The van der Waals surface area contributed by atoms with Gasteiger partial charge in [-0.05, 0) is 26.7 Å². The molecule has 0 aliphatic heterocycles. The Morgan fingerprint density at radius 2 is 1.88 bits per heavy atom. The van der Waals surface area contributed by atoms with Gasteiger partial charge in [0.1, 0.15) is 0 Å². The highest BCUT2D eigenvalue weighted by Crippen LogP contribution is 2.13. The number of rotatable bonds is 6. The van der Waals surface area contributed by atoms with Gasteiger partial charge in [0.2, 0.25) is 0 Å². The summed E-state index contributed by atoms with van der Waals surface area (Å²) in [6.07, 6.45) is 1.65. The highest BCUT2D eigenvalue weighted by Gasteiger charge is 2.14. The Kier molecular flexibility index (Phi) is 7.29. The van der Waals surface area contributed by atoms with E-state index in [0.717, 1.165) is 6.42 Å². The Morgan fingerprint density at radius 1 is 1.24 bits per heavy atom. The summed E-state index contributed by atoms with van der Waals surface area (Å²) < 4.78 is 5.61. The Balaban J connectivity index is 3.52. The first kappa shape index (κ1) is 15.7. The predicted molar refractivity (Wildman–Crippen MR) is 65.9 cm³/mol. The first-order chi connectivity index (χ1) is 7.91. The first-order valence-electron chi connectivity index (χ1n) is 5.82. The van der Waals surface area contributed by atoms with Crippen LogP contribution in [0, 0.1) is 0 Å². The average Bonchev–Trinajstić information content (AvgIpc) is 2.28. The minimum Gasteiger partial charge on any atom is -0.376 e. The second-order valence-corrected chi connectivity index (χ2v) is 4.28. The van der Waals surface area contributed by atoms with Crippen LogP contribution in [0.25, 0.3) is 0 Å². The zero-order valence-electron chi connectivity index (χ0n) is 11.1. The molecule has 0 aliphatic rings. The second-order valence-electron chi connectivity index (χ2n) is 4.28. The van der Waals surface area contributed by atoms with Crippen molar-refractivity contribution in [1.29, 1.82) is 0 Å². The van der Waals surface area contributed by atoms with Gasteiger partial charge in [-0.25, -0.2) is 9.59 Å². The number of nitrogens with one attached hydrogen (secondary N) is 3. The van der Waals surface area contributed by atoms with Crippen LogP contribution in [-0.2, 0) is 4.74 Å². The Hall–Kier alpha value is -1.30. The topological polar surface area (TPSA) is 79.5 Å². The molecule has 0 saturated carbocycles. The smallest absolute Gasteiger partial charge is 0.322 e. The monoisotopic (exact) mass is 245 g/mol. The fourth-order valence-corrected chi connectivity index (χ4v) is 0.934. The molecule has 0 bridgehead atoms. The average molecular weight is 245 g/mol. The van der Waals surface area contributed by atoms with E-state index in [1.165, 1.54) is 7.05 Å². The molecule has 0 heterocycles. The maximum absolute atomic E-state index is 11.1. The van der Waals surface area contributed by atoms with Gasteiger partial charge in [0.15, 0.2) is 0 Å². The van der Waals surface area contributed by atoms with E-state index in [1.54, 1.807) is 0 Å². The third-order valence-corrected chi connectivity index (χ3v) is 2.41. The van der Waals surface area contributed by atoms with Crippen LogP contribution in [0.1, 0.15) is 33.6 Å². The van der Waals surface area contributed by atoms with Gasteiger partial charge in [-0.1, -0.05) is 6.92 Å². The third-order valence-electron chi connectivity index (χ3n) is 2.41. The molecule has 0 fully saturated rings. The van der Waals surface area contributed by atoms with E-state index in [4.69, 9.17) is 4.74 Å². The number of carbonyl (C=O) groups excluding carboxylic acids is 2. The maximum Gasteiger partial charge on any atom is 0.322 e. The van der Waals surface area contributed by atoms with Crippen molar-refractivity contribution in [1.82, 2.24) is 16.0 Å². The molecule has 0 rings (SSSR count). The van der Waals surface area contributed by atoms with Gasteiger partial charge in [0.25, 0.3) is 0 Å². The van der Waals surface area contributed by atoms with E-state index >= 15 is 0 Å². The number of amides is 4. The van der Waals surface area contributed by atoms with Gasteiger partial charge in [0, 0.05) is 20.2 Å². The maximum atomic E-state index is 11.1. The zero-order chi connectivity index (χ0) is 13.3. The van der Waals surface area contributed by atoms with Gasteiger partial charge in [-0.2, -0.15) is 0 Å². The molecule has 17 heavy (non-hydrogen) atoms. The van der Waals surface area contributed by atoms with Gasteiger partial charge < -0.3 is 15.4 Å². The molecule has 0 saturated heterocycles. The number of carbonyl (C=O) groups is 2. The lowest BCUT2D eigenvalue weighted by Crippen LogP contribution is -2.44. The van der Waals surface area contributed by atoms with E-state index < -0.39 is 12.1 Å². The van der Waals surface area contributed by atoms with Crippen molar-refractivity contribution in [2.45, 2.75) is 39.2 Å². The predicted octanol–water partition coefficient (Wildman–Crippen LogP) is 1.22. The van der Waals surface area contributed by atoms with Crippen molar-refractivity contribution in [3.8, 4) is 0 Å². The van der Waals surface area contributed by atoms with E-state index in [-0.39, 0.29) is 5.60 Å². The van der Waals surface area contributed by atoms with Gasteiger partial charge in [-0.15, -0.1) is 0 Å². The van der Waals surface area contributed by atoms with E-state index in [1.807, 2.05) is 13.8 Å². The van der Waals surface area contributed by atoms with Crippen LogP contribution in [0.15, 0.2) is 0 Å². The molecular weight excluding hydrogens is 222 g/mol. The summed E-state index contributed by atoms with van der Waals surface area (Å²) in [5.74, 6) is 0. The SMILES string of the molecule is CCC(C)(C)OCCCNC(=O)NC(=O)NC. The van der Waals surface area contributed by atoms with Crippen molar-refractivity contribution < 1.29 is 14.3 Å². The van der Waals surface area contributed by atoms with E-state index in [9.17, 15) is 9.59 Å². The molecule has 0 aromatic rings. The Bertz CT molecular complexity index is 254. The summed E-state index contributed by atoms with van der Waals surface area (Å²) in [5, 5.41) is 6.96. The normalized spacial score (nSPS) is 10.8. The number of hydrogen-bond acceptors (Lipinski definition) is 3. The van der Waals surface area contributed by atoms with Gasteiger partial charge in [-0.3, -0.25) is 5.32 Å². The van der Waals surface area contributed by atoms with Crippen LogP contribution in [0.3, 0.4) is 0 Å². The highest BCUT2D eigenvalue weighted by atomic mass is 16.5. The van der Waals surface area contributed by atoms with Gasteiger partial charge >= 0.3 is 12.1 Å². The Morgan fingerprint density at radius 3 is 2.41 bits per heavy atom. The molecule has 0 radical (unpaired) electrons. The summed E-state index contributed by atoms with van der Waals surface area (Å²) in [7, 11) is 1.45. The lowest BCUT2D eigenvalue weighted by atomic mass is 10.1. The van der Waals surface area contributed by atoms with Crippen LogP contribution >= 0.6 is 0 Å². The largest absolute Gasteiger partial charge is 0.376 e. The van der Waals surface area contributed by atoms with Crippen LogP contribution < -0.4 is 16.0 Å². The molecule has 0 unspecified atom stereocenters. The number of ether oxygens (including phenoxy) is 1. The third kappa shape index (κ3) is 8.50. The van der Waals surface area contributed by atoms with Crippen molar-refractivity contribution >= 4 is 12.1 Å². The number of urea groups is 2. The van der Waals surface area contributed by atoms with Crippen molar-refractivity contribution in [3.63, 3.8) is 0 Å². The molecular formula is C11H23N3O3. The summed E-state index contributed by atoms with van der Waals surface area (Å²) >= 11 is 0. The van der Waals surface area contributed by atoms with E-state index in [0.29, 0.717) is 19.6 Å². The second kappa shape index (κ2) is 7.89. The molecule has 0 aliphatic carbocycles. The molecule has 6 nitrogen and oxygen atoms in total. The molecule has 0 spiro atoms. The van der Waals surface area contributed by atoms with Crippen LogP contribution in [0.2, 0.25) is 0 Å². The van der Waals surface area contributed by atoms with Gasteiger partial charge in [0.05, 0.1) is 5.60 Å². The molecule has 6 heteroatoms. The number of imide groups is 1.